The molecule has 0 aliphatic heterocycles. The summed E-state index contributed by atoms with van der Waals surface area (Å²) in [7, 11) is 0. The molecule has 0 saturated heterocycles. The molecule has 1 rings (SSSR count). The SMILES string of the molecule is NC(=O)C(N)COc1ccc(I)cc1. The molecule has 0 saturated carbocycles. The minimum Gasteiger partial charge on any atom is -0.491 e. The van der Waals surface area contributed by atoms with Crippen LogP contribution in [0.2, 0.25) is 0 Å². The largest absolute Gasteiger partial charge is 0.491 e. The van der Waals surface area contributed by atoms with E-state index in [1.54, 1.807) is 0 Å². The second kappa shape index (κ2) is 5.16. The maximum atomic E-state index is 10.6. The van der Waals surface area contributed by atoms with Gasteiger partial charge in [0.1, 0.15) is 18.4 Å². The van der Waals surface area contributed by atoms with E-state index >= 15 is 0 Å². The third-order valence-electron chi connectivity index (χ3n) is 1.61. The topological polar surface area (TPSA) is 78.3 Å². The monoisotopic (exact) mass is 306 g/mol. The van der Waals surface area contributed by atoms with Gasteiger partial charge >= 0.3 is 0 Å². The second-order valence-electron chi connectivity index (χ2n) is 2.77. The van der Waals surface area contributed by atoms with E-state index in [-0.39, 0.29) is 6.61 Å². The number of hydrogen-bond acceptors (Lipinski definition) is 3. The summed E-state index contributed by atoms with van der Waals surface area (Å²) in [5, 5.41) is 0. The van der Waals surface area contributed by atoms with E-state index in [1.165, 1.54) is 0 Å². The fourth-order valence-corrected chi connectivity index (χ4v) is 1.16. The Morgan fingerprint density at radius 1 is 1.43 bits per heavy atom. The van der Waals surface area contributed by atoms with Crippen LogP contribution in [0.1, 0.15) is 0 Å². The molecule has 76 valence electrons. The fraction of sp³-hybridized carbons (Fsp3) is 0.222. The Kier molecular flexibility index (Phi) is 4.15. The van der Waals surface area contributed by atoms with Gasteiger partial charge in [0.2, 0.25) is 5.91 Å². The van der Waals surface area contributed by atoms with E-state index in [2.05, 4.69) is 22.6 Å². The standard InChI is InChI=1S/C9H11IN2O2/c10-6-1-3-7(4-2-6)14-5-8(11)9(12)13/h1-4,8H,5,11H2,(H2,12,13). The summed E-state index contributed by atoms with van der Waals surface area (Å²) in [4.78, 5) is 10.6. The highest BCUT2D eigenvalue weighted by Crippen LogP contribution is 2.13. The Bertz CT molecular complexity index is 313. The number of rotatable bonds is 4. The number of hydrogen-bond donors (Lipinski definition) is 2. The molecule has 1 amide bonds. The smallest absolute Gasteiger partial charge is 0.237 e. The number of nitrogens with two attached hydrogens (primary N) is 2. The molecule has 4 nitrogen and oxygen atoms in total. The maximum absolute atomic E-state index is 10.6. The lowest BCUT2D eigenvalue weighted by molar-refractivity contribution is -0.119. The first-order valence-corrected chi connectivity index (χ1v) is 5.10. The molecule has 1 aromatic rings. The fourth-order valence-electron chi connectivity index (χ4n) is 0.799. The van der Waals surface area contributed by atoms with Crippen molar-refractivity contribution in [2.75, 3.05) is 6.61 Å². The van der Waals surface area contributed by atoms with E-state index in [4.69, 9.17) is 16.2 Å². The van der Waals surface area contributed by atoms with E-state index in [1.807, 2.05) is 24.3 Å². The van der Waals surface area contributed by atoms with Gasteiger partial charge in [-0.25, -0.2) is 0 Å². The number of primary amides is 1. The summed E-state index contributed by atoms with van der Waals surface area (Å²) in [5.74, 6) is 0.123. The number of amides is 1. The Labute approximate surface area is 95.7 Å². The van der Waals surface area contributed by atoms with Crippen molar-refractivity contribution in [2.24, 2.45) is 11.5 Å². The number of halogens is 1. The van der Waals surface area contributed by atoms with Gasteiger partial charge in [-0.1, -0.05) is 0 Å². The van der Waals surface area contributed by atoms with E-state index in [0.29, 0.717) is 5.75 Å². The molecular formula is C9H11IN2O2. The molecule has 1 atom stereocenters. The molecule has 0 aromatic heterocycles. The summed E-state index contributed by atoms with van der Waals surface area (Å²) in [5.41, 5.74) is 10.4. The normalized spacial score (nSPS) is 12.1. The lowest BCUT2D eigenvalue weighted by Gasteiger charge is -2.09. The molecule has 1 aromatic carbocycles. The van der Waals surface area contributed by atoms with Crippen LogP contribution in [-0.2, 0) is 4.79 Å². The summed E-state index contributed by atoms with van der Waals surface area (Å²) in [6, 6.07) is 6.69. The predicted molar refractivity (Wildman–Crippen MR) is 61.8 cm³/mol. The van der Waals surface area contributed by atoms with Crippen molar-refractivity contribution in [1.29, 1.82) is 0 Å². The zero-order chi connectivity index (χ0) is 10.6. The first kappa shape index (κ1) is 11.3. The number of carbonyl (C=O) groups is 1. The average Bonchev–Trinajstić information content (AvgIpc) is 2.16. The molecule has 1 unspecified atom stereocenters. The van der Waals surface area contributed by atoms with Gasteiger partial charge < -0.3 is 16.2 Å². The molecule has 0 bridgehead atoms. The highest BCUT2D eigenvalue weighted by Gasteiger charge is 2.09. The Morgan fingerprint density at radius 2 is 2.00 bits per heavy atom. The highest BCUT2D eigenvalue weighted by molar-refractivity contribution is 14.1. The van der Waals surface area contributed by atoms with Crippen LogP contribution in [0.3, 0.4) is 0 Å². The van der Waals surface area contributed by atoms with Gasteiger partial charge in [0, 0.05) is 3.57 Å². The lowest BCUT2D eigenvalue weighted by atomic mass is 10.3. The maximum Gasteiger partial charge on any atom is 0.237 e. The molecule has 0 aliphatic rings. The minimum atomic E-state index is -0.755. The third kappa shape index (κ3) is 3.51. The van der Waals surface area contributed by atoms with Gasteiger partial charge in [-0.2, -0.15) is 0 Å². The van der Waals surface area contributed by atoms with Crippen molar-refractivity contribution >= 4 is 28.5 Å². The molecule has 0 radical (unpaired) electrons. The summed E-state index contributed by atoms with van der Waals surface area (Å²) >= 11 is 2.19. The van der Waals surface area contributed by atoms with E-state index < -0.39 is 11.9 Å². The Balaban J connectivity index is 2.46. The van der Waals surface area contributed by atoms with Crippen LogP contribution in [0.4, 0.5) is 0 Å². The van der Waals surface area contributed by atoms with Crippen LogP contribution >= 0.6 is 22.6 Å². The lowest BCUT2D eigenvalue weighted by Crippen LogP contribution is -2.41. The van der Waals surface area contributed by atoms with Gasteiger partial charge in [0.05, 0.1) is 0 Å². The van der Waals surface area contributed by atoms with Crippen LogP contribution in [0.25, 0.3) is 0 Å². The number of benzene rings is 1. The van der Waals surface area contributed by atoms with Crippen molar-refractivity contribution in [2.45, 2.75) is 6.04 Å². The first-order valence-electron chi connectivity index (χ1n) is 4.03. The molecule has 0 spiro atoms. The summed E-state index contributed by atoms with van der Waals surface area (Å²) in [6.45, 7) is 0.107. The molecule has 0 fully saturated rings. The Morgan fingerprint density at radius 3 is 2.50 bits per heavy atom. The van der Waals surface area contributed by atoms with Gasteiger partial charge in [-0.3, -0.25) is 4.79 Å². The molecule has 14 heavy (non-hydrogen) atoms. The quantitative estimate of drug-likeness (QED) is 0.794. The minimum absolute atomic E-state index is 0.107. The van der Waals surface area contributed by atoms with Crippen LogP contribution < -0.4 is 16.2 Å². The number of ether oxygens (including phenoxy) is 1. The van der Waals surface area contributed by atoms with E-state index in [9.17, 15) is 4.79 Å². The van der Waals surface area contributed by atoms with Crippen molar-refractivity contribution < 1.29 is 9.53 Å². The molecule has 0 aliphatic carbocycles. The van der Waals surface area contributed by atoms with Crippen LogP contribution in [0.5, 0.6) is 5.75 Å². The van der Waals surface area contributed by atoms with Crippen molar-refractivity contribution in [1.82, 2.24) is 0 Å². The average molecular weight is 306 g/mol. The highest BCUT2D eigenvalue weighted by atomic mass is 127. The molecule has 4 N–H and O–H groups in total. The van der Waals surface area contributed by atoms with E-state index in [0.717, 1.165) is 3.57 Å². The summed E-state index contributed by atoms with van der Waals surface area (Å²) in [6.07, 6.45) is 0. The zero-order valence-electron chi connectivity index (χ0n) is 7.44. The molecule has 0 heterocycles. The van der Waals surface area contributed by atoms with Crippen molar-refractivity contribution in [3.63, 3.8) is 0 Å². The van der Waals surface area contributed by atoms with Gasteiger partial charge in [0.15, 0.2) is 0 Å². The zero-order valence-corrected chi connectivity index (χ0v) is 9.60. The first-order chi connectivity index (χ1) is 6.59. The van der Waals surface area contributed by atoms with Crippen LogP contribution in [-0.4, -0.2) is 18.6 Å². The van der Waals surface area contributed by atoms with Crippen molar-refractivity contribution in [3.8, 4) is 5.75 Å². The third-order valence-corrected chi connectivity index (χ3v) is 2.33. The predicted octanol–water partition coefficient (Wildman–Crippen LogP) is 0.483. The second-order valence-corrected chi connectivity index (χ2v) is 4.02. The molecule has 5 heteroatoms. The van der Waals surface area contributed by atoms with Crippen LogP contribution in [0, 0.1) is 3.57 Å². The van der Waals surface area contributed by atoms with Gasteiger partial charge in [-0.05, 0) is 46.9 Å². The van der Waals surface area contributed by atoms with Gasteiger partial charge in [-0.15, -0.1) is 0 Å². The Hall–Kier alpha value is -0.820. The number of carbonyl (C=O) groups excluding carboxylic acids is 1. The van der Waals surface area contributed by atoms with Gasteiger partial charge in [0.25, 0.3) is 0 Å². The summed E-state index contributed by atoms with van der Waals surface area (Å²) < 4.78 is 6.37. The molecular weight excluding hydrogens is 295 g/mol. The van der Waals surface area contributed by atoms with Crippen molar-refractivity contribution in [3.05, 3.63) is 27.8 Å². The van der Waals surface area contributed by atoms with Crippen LogP contribution in [0.15, 0.2) is 24.3 Å².